The Morgan fingerprint density at radius 2 is 2.17 bits per heavy atom. The van der Waals surface area contributed by atoms with Gasteiger partial charge in [0.25, 0.3) is 0 Å². The van der Waals surface area contributed by atoms with E-state index in [4.69, 9.17) is 11.1 Å². The summed E-state index contributed by atoms with van der Waals surface area (Å²) in [7, 11) is 0. The van der Waals surface area contributed by atoms with Crippen LogP contribution in [0.1, 0.15) is 11.5 Å². The summed E-state index contributed by atoms with van der Waals surface area (Å²) in [6, 6.07) is 3.81. The molecule has 6 nitrogen and oxygen atoms in total. The van der Waals surface area contributed by atoms with E-state index >= 15 is 0 Å². The molecule has 0 aromatic carbocycles. The SMILES string of the molecule is N=C(N)c1ncccc1N1CCn2ccnc2C1. The van der Waals surface area contributed by atoms with Crippen molar-refractivity contribution in [2.75, 3.05) is 11.4 Å². The highest BCUT2D eigenvalue weighted by atomic mass is 15.2. The van der Waals surface area contributed by atoms with Crippen LogP contribution < -0.4 is 10.6 Å². The molecule has 3 rings (SSSR count). The molecule has 0 atom stereocenters. The van der Waals surface area contributed by atoms with Gasteiger partial charge in [-0.15, -0.1) is 0 Å². The van der Waals surface area contributed by atoms with E-state index in [2.05, 4.69) is 19.4 Å². The summed E-state index contributed by atoms with van der Waals surface area (Å²) in [5, 5.41) is 7.58. The molecular formula is C12H14N6. The summed E-state index contributed by atoms with van der Waals surface area (Å²) in [6.45, 7) is 2.48. The number of nitrogens with two attached hydrogens (primary N) is 1. The van der Waals surface area contributed by atoms with Crippen molar-refractivity contribution < 1.29 is 0 Å². The van der Waals surface area contributed by atoms with Crippen molar-refractivity contribution in [3.63, 3.8) is 0 Å². The van der Waals surface area contributed by atoms with Crippen LogP contribution in [0.2, 0.25) is 0 Å². The number of nitrogens with zero attached hydrogens (tertiary/aromatic N) is 4. The third-order valence-electron chi connectivity index (χ3n) is 3.13. The van der Waals surface area contributed by atoms with Gasteiger partial charge < -0.3 is 15.2 Å². The lowest BCUT2D eigenvalue weighted by Crippen LogP contribution is -2.35. The molecule has 0 bridgehead atoms. The van der Waals surface area contributed by atoms with E-state index in [0.29, 0.717) is 5.69 Å². The zero-order valence-corrected chi connectivity index (χ0v) is 9.87. The van der Waals surface area contributed by atoms with Crippen molar-refractivity contribution in [3.05, 3.63) is 42.2 Å². The maximum absolute atomic E-state index is 7.58. The fourth-order valence-corrected chi connectivity index (χ4v) is 2.24. The van der Waals surface area contributed by atoms with Gasteiger partial charge in [0.05, 0.1) is 12.2 Å². The second kappa shape index (κ2) is 4.14. The molecule has 18 heavy (non-hydrogen) atoms. The first kappa shape index (κ1) is 10.8. The lowest BCUT2D eigenvalue weighted by atomic mass is 10.2. The molecule has 0 fully saturated rings. The number of anilines is 1. The molecule has 2 aromatic rings. The fraction of sp³-hybridized carbons (Fsp3) is 0.250. The van der Waals surface area contributed by atoms with Crippen LogP contribution in [0.25, 0.3) is 0 Å². The standard InChI is InChI=1S/C12H14N6/c13-12(14)11-9(2-1-3-16-11)18-7-6-17-5-4-15-10(17)8-18/h1-5H,6-8H2,(H3,13,14). The Morgan fingerprint density at radius 1 is 1.28 bits per heavy atom. The molecule has 0 spiro atoms. The maximum Gasteiger partial charge on any atom is 0.143 e. The van der Waals surface area contributed by atoms with E-state index in [1.54, 1.807) is 6.20 Å². The molecule has 0 saturated heterocycles. The second-order valence-corrected chi connectivity index (χ2v) is 4.24. The lowest BCUT2D eigenvalue weighted by molar-refractivity contribution is 0.559. The van der Waals surface area contributed by atoms with Gasteiger partial charge >= 0.3 is 0 Å². The van der Waals surface area contributed by atoms with Gasteiger partial charge in [-0.3, -0.25) is 10.4 Å². The van der Waals surface area contributed by atoms with Crippen LogP contribution in [0.15, 0.2) is 30.7 Å². The highest BCUT2D eigenvalue weighted by Crippen LogP contribution is 2.22. The van der Waals surface area contributed by atoms with E-state index in [0.717, 1.165) is 31.1 Å². The van der Waals surface area contributed by atoms with E-state index in [-0.39, 0.29) is 5.84 Å². The third kappa shape index (κ3) is 1.71. The van der Waals surface area contributed by atoms with Crippen molar-refractivity contribution in [2.24, 2.45) is 5.73 Å². The third-order valence-corrected chi connectivity index (χ3v) is 3.13. The Balaban J connectivity index is 1.95. The molecule has 92 valence electrons. The fourth-order valence-electron chi connectivity index (χ4n) is 2.24. The van der Waals surface area contributed by atoms with Gasteiger partial charge in [0.1, 0.15) is 17.4 Å². The van der Waals surface area contributed by atoms with Crippen molar-refractivity contribution in [2.45, 2.75) is 13.1 Å². The normalized spacial score (nSPS) is 14.3. The minimum atomic E-state index is -0.000449. The van der Waals surface area contributed by atoms with Crippen LogP contribution in [0.4, 0.5) is 5.69 Å². The Labute approximate surface area is 105 Å². The van der Waals surface area contributed by atoms with Crippen LogP contribution in [0, 0.1) is 5.41 Å². The topological polar surface area (TPSA) is 83.8 Å². The molecular weight excluding hydrogens is 228 g/mol. The van der Waals surface area contributed by atoms with E-state index < -0.39 is 0 Å². The smallest absolute Gasteiger partial charge is 0.143 e. The van der Waals surface area contributed by atoms with Crippen molar-refractivity contribution in [1.82, 2.24) is 14.5 Å². The van der Waals surface area contributed by atoms with Crippen molar-refractivity contribution in [1.29, 1.82) is 5.41 Å². The predicted molar refractivity (Wildman–Crippen MR) is 68.5 cm³/mol. The molecule has 0 amide bonds. The number of amidine groups is 1. The highest BCUT2D eigenvalue weighted by Gasteiger charge is 2.20. The minimum Gasteiger partial charge on any atom is -0.382 e. The summed E-state index contributed by atoms with van der Waals surface area (Å²) in [6.07, 6.45) is 5.46. The largest absolute Gasteiger partial charge is 0.382 e. The van der Waals surface area contributed by atoms with Gasteiger partial charge in [-0.05, 0) is 12.1 Å². The molecule has 2 aromatic heterocycles. The first-order valence-corrected chi connectivity index (χ1v) is 5.80. The van der Waals surface area contributed by atoms with Crippen LogP contribution in [-0.2, 0) is 13.1 Å². The molecule has 6 heteroatoms. The summed E-state index contributed by atoms with van der Waals surface area (Å²) in [4.78, 5) is 10.7. The van der Waals surface area contributed by atoms with E-state index in [9.17, 15) is 0 Å². The Hall–Kier alpha value is -2.37. The summed E-state index contributed by atoms with van der Waals surface area (Å²) >= 11 is 0. The van der Waals surface area contributed by atoms with E-state index in [1.165, 1.54) is 0 Å². The van der Waals surface area contributed by atoms with Crippen molar-refractivity contribution >= 4 is 11.5 Å². The molecule has 0 radical (unpaired) electrons. The van der Waals surface area contributed by atoms with Crippen LogP contribution >= 0.6 is 0 Å². The summed E-state index contributed by atoms with van der Waals surface area (Å²) in [5.74, 6) is 1.03. The number of nitrogens with one attached hydrogen (secondary N) is 1. The number of aromatic nitrogens is 3. The zero-order chi connectivity index (χ0) is 12.5. The average Bonchev–Trinajstić information content (AvgIpc) is 2.85. The first-order chi connectivity index (χ1) is 8.75. The number of hydrogen-bond donors (Lipinski definition) is 2. The first-order valence-electron chi connectivity index (χ1n) is 5.80. The van der Waals surface area contributed by atoms with Gasteiger partial charge in [-0.2, -0.15) is 0 Å². The van der Waals surface area contributed by atoms with Gasteiger partial charge in [0, 0.05) is 31.7 Å². The number of fused-ring (bicyclic) bond motifs is 1. The van der Waals surface area contributed by atoms with Crippen molar-refractivity contribution in [3.8, 4) is 0 Å². The minimum absolute atomic E-state index is 0.000449. The quantitative estimate of drug-likeness (QED) is 0.596. The second-order valence-electron chi connectivity index (χ2n) is 4.24. The number of rotatable bonds is 2. The van der Waals surface area contributed by atoms with Gasteiger partial charge in [0.2, 0.25) is 0 Å². The molecule has 0 saturated carbocycles. The molecule has 3 heterocycles. The van der Waals surface area contributed by atoms with Gasteiger partial charge in [-0.25, -0.2) is 4.98 Å². The monoisotopic (exact) mass is 242 g/mol. The number of hydrogen-bond acceptors (Lipinski definition) is 4. The maximum atomic E-state index is 7.58. The zero-order valence-electron chi connectivity index (χ0n) is 9.87. The summed E-state index contributed by atoms with van der Waals surface area (Å²) in [5.41, 5.74) is 7.01. The van der Waals surface area contributed by atoms with E-state index in [1.807, 2.05) is 24.5 Å². The van der Waals surface area contributed by atoms with Crippen LogP contribution in [0.5, 0.6) is 0 Å². The molecule has 0 unspecified atom stereocenters. The number of nitrogen functional groups attached to an aromatic ring is 1. The number of pyridine rings is 1. The molecule has 3 N–H and O–H groups in total. The van der Waals surface area contributed by atoms with Gasteiger partial charge in [-0.1, -0.05) is 0 Å². The highest BCUT2D eigenvalue weighted by molar-refractivity contribution is 5.98. The predicted octanol–water partition coefficient (Wildman–Crippen LogP) is 0.582. The van der Waals surface area contributed by atoms with Gasteiger partial charge in [0.15, 0.2) is 0 Å². The Morgan fingerprint density at radius 3 is 3.00 bits per heavy atom. The van der Waals surface area contributed by atoms with Crippen LogP contribution in [0.3, 0.4) is 0 Å². The molecule has 1 aliphatic heterocycles. The molecule has 0 aliphatic carbocycles. The Kier molecular flexibility index (Phi) is 2.47. The molecule has 1 aliphatic rings. The van der Waals surface area contributed by atoms with Crippen LogP contribution in [-0.4, -0.2) is 26.9 Å². The lowest BCUT2D eigenvalue weighted by Gasteiger charge is -2.30. The summed E-state index contributed by atoms with van der Waals surface area (Å²) < 4.78 is 2.14. The Bertz CT molecular complexity index is 588. The number of imidazole rings is 1. The average molecular weight is 242 g/mol.